The largest absolute Gasteiger partial charge is 0.354 e. The Labute approximate surface area is 266 Å². The molecule has 0 fully saturated rings. The Morgan fingerprint density at radius 3 is 2.02 bits per heavy atom. The van der Waals surface area contributed by atoms with E-state index in [1.165, 1.54) is 93.1 Å². The van der Waals surface area contributed by atoms with Gasteiger partial charge in [-0.3, -0.25) is 0 Å². The fourth-order valence-corrected chi connectivity index (χ4v) is 7.78. The highest BCUT2D eigenvalue weighted by Gasteiger charge is 2.19. The molecule has 0 amide bonds. The minimum atomic E-state index is 1.04. The highest BCUT2D eigenvalue weighted by Crippen LogP contribution is 2.42. The molecule has 46 heavy (non-hydrogen) atoms. The molecule has 10 rings (SSSR count). The smallest absolute Gasteiger partial charge is 0.0550 e. The minimum absolute atomic E-state index is 1.04. The summed E-state index contributed by atoms with van der Waals surface area (Å²) < 4.78 is 2.50. The van der Waals surface area contributed by atoms with Gasteiger partial charge in [-0.2, -0.15) is 0 Å². The van der Waals surface area contributed by atoms with Crippen LogP contribution < -0.4 is 0 Å². The Morgan fingerprint density at radius 1 is 0.500 bits per heavy atom. The Morgan fingerprint density at radius 2 is 1.17 bits per heavy atom. The van der Waals surface area contributed by atoms with Gasteiger partial charge in [0.2, 0.25) is 0 Å². The van der Waals surface area contributed by atoms with Gasteiger partial charge in [-0.05, 0) is 99.1 Å². The van der Waals surface area contributed by atoms with E-state index in [-0.39, 0.29) is 0 Å². The van der Waals surface area contributed by atoms with Crippen molar-refractivity contribution < 1.29 is 0 Å². The second kappa shape index (κ2) is 9.82. The summed E-state index contributed by atoms with van der Waals surface area (Å²) >= 11 is 0. The Hall–Kier alpha value is -5.86. The van der Waals surface area contributed by atoms with Crippen LogP contribution in [-0.4, -0.2) is 9.55 Å². The van der Waals surface area contributed by atoms with Gasteiger partial charge in [-0.15, -0.1) is 0 Å². The first-order valence-electron chi connectivity index (χ1n) is 16.2. The Bertz CT molecular complexity index is 2750. The van der Waals surface area contributed by atoms with E-state index in [0.717, 1.165) is 12.8 Å². The molecule has 0 spiro atoms. The topological polar surface area (TPSA) is 20.7 Å². The molecule has 216 valence electrons. The molecule has 2 heteroatoms. The molecule has 0 saturated heterocycles. The first kappa shape index (κ1) is 25.5. The number of H-pyrrole nitrogens is 1. The maximum Gasteiger partial charge on any atom is 0.0550 e. The van der Waals surface area contributed by atoms with E-state index in [1.54, 1.807) is 0 Å². The molecule has 0 atom stereocenters. The zero-order valence-electron chi connectivity index (χ0n) is 25.3. The second-order valence-corrected chi connectivity index (χ2v) is 12.5. The van der Waals surface area contributed by atoms with Crippen LogP contribution in [0.3, 0.4) is 0 Å². The van der Waals surface area contributed by atoms with Gasteiger partial charge >= 0.3 is 0 Å². The third kappa shape index (κ3) is 3.77. The van der Waals surface area contributed by atoms with Crippen LogP contribution in [0.15, 0.2) is 152 Å². The Kier molecular flexibility index (Phi) is 5.44. The summed E-state index contributed by atoms with van der Waals surface area (Å²) in [6.07, 6.45) is 8.87. The van der Waals surface area contributed by atoms with Crippen molar-refractivity contribution in [1.82, 2.24) is 9.55 Å². The number of fused-ring (bicyclic) bond motifs is 9. The van der Waals surface area contributed by atoms with Gasteiger partial charge in [0.25, 0.3) is 0 Å². The predicted molar refractivity (Wildman–Crippen MR) is 197 cm³/mol. The third-order valence-corrected chi connectivity index (χ3v) is 9.95. The molecular weight excluding hydrogens is 556 g/mol. The third-order valence-electron chi connectivity index (χ3n) is 9.95. The fraction of sp³-hybridized carbons (Fsp3) is 0.0455. The molecule has 9 aromatic rings. The average Bonchev–Trinajstić information content (AvgIpc) is 3.66. The highest BCUT2D eigenvalue weighted by molar-refractivity contribution is 6.24. The van der Waals surface area contributed by atoms with E-state index in [1.807, 2.05) is 0 Å². The lowest BCUT2D eigenvalue weighted by Gasteiger charge is -2.16. The number of hydrogen-bond donors (Lipinski definition) is 1. The van der Waals surface area contributed by atoms with E-state index in [9.17, 15) is 0 Å². The summed E-state index contributed by atoms with van der Waals surface area (Å²) in [5.74, 6) is 0. The summed E-state index contributed by atoms with van der Waals surface area (Å²) in [6.45, 7) is 0. The zero-order chi connectivity index (χ0) is 30.2. The van der Waals surface area contributed by atoms with E-state index < -0.39 is 0 Å². The number of hydrogen-bond acceptors (Lipinski definition) is 0. The van der Waals surface area contributed by atoms with Crippen LogP contribution in [0.1, 0.15) is 12.8 Å². The van der Waals surface area contributed by atoms with Crippen LogP contribution in [0, 0.1) is 0 Å². The molecule has 1 aliphatic carbocycles. The van der Waals surface area contributed by atoms with E-state index >= 15 is 0 Å². The molecular formula is C44H30N2. The maximum atomic E-state index is 3.60. The van der Waals surface area contributed by atoms with Gasteiger partial charge in [-0.1, -0.05) is 109 Å². The molecule has 0 aliphatic heterocycles. The van der Waals surface area contributed by atoms with Gasteiger partial charge in [0.1, 0.15) is 0 Å². The molecule has 7 aromatic carbocycles. The van der Waals surface area contributed by atoms with Crippen molar-refractivity contribution in [3.63, 3.8) is 0 Å². The van der Waals surface area contributed by atoms with E-state index in [2.05, 4.69) is 161 Å². The molecule has 1 N–H and O–H groups in total. The van der Waals surface area contributed by atoms with Gasteiger partial charge in [0.05, 0.1) is 11.0 Å². The summed E-state index contributed by atoms with van der Waals surface area (Å²) in [4.78, 5) is 3.60. The molecule has 0 radical (unpaired) electrons. The van der Waals surface area contributed by atoms with Crippen molar-refractivity contribution >= 4 is 70.9 Å². The van der Waals surface area contributed by atoms with Crippen molar-refractivity contribution in [2.45, 2.75) is 12.8 Å². The predicted octanol–water partition coefficient (Wildman–Crippen LogP) is 12.3. The lowest BCUT2D eigenvalue weighted by Crippen LogP contribution is -1.99. The van der Waals surface area contributed by atoms with Crippen molar-refractivity contribution in [3.8, 4) is 22.3 Å². The maximum absolute atomic E-state index is 3.60. The van der Waals surface area contributed by atoms with Gasteiger partial charge in [-0.25, -0.2) is 0 Å². The summed E-state index contributed by atoms with van der Waals surface area (Å²) in [5, 5.41) is 10.3. The van der Waals surface area contributed by atoms with Crippen molar-refractivity contribution in [2.75, 3.05) is 0 Å². The molecule has 2 aromatic heterocycles. The van der Waals surface area contributed by atoms with Crippen LogP contribution in [0.5, 0.6) is 0 Å². The number of benzene rings is 7. The summed E-state index contributed by atoms with van der Waals surface area (Å²) in [6, 6.07) is 49.4. The SMILES string of the molecule is C1=CCCC(n2c3ccccc3c3c4ccccc4c(-c4ccc5cc(-c6ccc7c(c6)[nH]c6ccccc67)ccc5c4)cc32)=C1. The van der Waals surface area contributed by atoms with Crippen molar-refractivity contribution in [2.24, 2.45) is 0 Å². The van der Waals surface area contributed by atoms with Gasteiger partial charge in [0.15, 0.2) is 0 Å². The number of rotatable bonds is 3. The zero-order valence-corrected chi connectivity index (χ0v) is 25.3. The van der Waals surface area contributed by atoms with Crippen LogP contribution >= 0.6 is 0 Å². The van der Waals surface area contributed by atoms with Crippen LogP contribution in [-0.2, 0) is 0 Å². The van der Waals surface area contributed by atoms with Gasteiger partial charge < -0.3 is 9.55 Å². The summed E-state index contributed by atoms with van der Waals surface area (Å²) in [7, 11) is 0. The molecule has 0 saturated carbocycles. The van der Waals surface area contributed by atoms with Crippen LogP contribution in [0.25, 0.3) is 93.1 Å². The molecule has 1 aliphatic rings. The summed E-state index contributed by atoms with van der Waals surface area (Å²) in [5.41, 5.74) is 11.2. The number of para-hydroxylation sites is 2. The Balaban J connectivity index is 1.14. The van der Waals surface area contributed by atoms with E-state index in [0.29, 0.717) is 0 Å². The minimum Gasteiger partial charge on any atom is -0.354 e. The molecule has 2 nitrogen and oxygen atoms in total. The quantitative estimate of drug-likeness (QED) is 0.213. The number of aromatic nitrogens is 2. The average molecular weight is 587 g/mol. The van der Waals surface area contributed by atoms with Crippen LogP contribution in [0.2, 0.25) is 0 Å². The molecule has 0 bridgehead atoms. The second-order valence-electron chi connectivity index (χ2n) is 12.5. The first-order valence-corrected chi connectivity index (χ1v) is 16.2. The van der Waals surface area contributed by atoms with Gasteiger partial charge in [0, 0.05) is 38.3 Å². The first-order chi connectivity index (χ1) is 22.8. The van der Waals surface area contributed by atoms with E-state index in [4.69, 9.17) is 0 Å². The van der Waals surface area contributed by atoms with Crippen molar-refractivity contribution in [1.29, 1.82) is 0 Å². The lowest BCUT2D eigenvalue weighted by molar-refractivity contribution is 0.979. The standard InChI is InChI=1S/C44H30N2/c1-2-10-33(11-3-1)46-42-17-9-7-15-38(42)44-37-14-5-4-12-34(37)39(27-43(44)46)32-21-20-28-24-29(18-19-30(28)25-32)31-22-23-36-35-13-6-8-16-40(35)45-41(36)26-31/h1-2,4-10,12-27,45H,3,11H2. The molecule has 2 heterocycles. The number of allylic oxidation sites excluding steroid dienone is 4. The number of aromatic amines is 1. The number of nitrogens with zero attached hydrogens (tertiary/aromatic N) is 1. The number of nitrogens with one attached hydrogen (secondary N) is 1. The lowest BCUT2D eigenvalue weighted by atomic mass is 9.93. The highest BCUT2D eigenvalue weighted by atomic mass is 15.0. The fourth-order valence-electron chi connectivity index (χ4n) is 7.78. The molecule has 0 unspecified atom stereocenters. The monoisotopic (exact) mass is 586 g/mol. The van der Waals surface area contributed by atoms with Crippen LogP contribution in [0.4, 0.5) is 0 Å². The van der Waals surface area contributed by atoms with Crippen molar-refractivity contribution in [3.05, 3.63) is 152 Å². The normalized spacial score (nSPS) is 13.5.